The molecule has 1 aliphatic rings. The minimum atomic E-state index is -0.876. The average molecular weight is 785 g/mol. The molecule has 1 N–H and O–H groups in total. The van der Waals surface area contributed by atoms with Crippen molar-refractivity contribution in [3.63, 3.8) is 0 Å². The summed E-state index contributed by atoms with van der Waals surface area (Å²) >= 11 is 8.10. The third-order valence-corrected chi connectivity index (χ3v) is 10.3. The number of nitrogens with one attached hydrogen (secondary N) is 1. The second kappa shape index (κ2) is 13.7. The van der Waals surface area contributed by atoms with Gasteiger partial charge in [-0.05, 0) is 55.5 Å². The number of rotatable bonds is 9. The van der Waals surface area contributed by atoms with E-state index in [4.69, 9.17) is 16.0 Å². The quantitative estimate of drug-likeness (QED) is 0.0906. The van der Waals surface area contributed by atoms with Gasteiger partial charge in [0, 0.05) is 55.7 Å². The average Bonchev–Trinajstić information content (AvgIpc) is 3.73. The molecule has 0 unspecified atom stereocenters. The van der Waals surface area contributed by atoms with Gasteiger partial charge in [-0.15, -0.1) is 10.2 Å². The number of Topliss-reactive ketones (excluding diaryl/α,β-unsaturated/α-hetero) is 1. The van der Waals surface area contributed by atoms with Gasteiger partial charge in [0.05, 0.1) is 14.6 Å². The van der Waals surface area contributed by atoms with Crippen molar-refractivity contribution in [3.05, 3.63) is 88.0 Å². The first-order chi connectivity index (χ1) is 22.9. The molecule has 48 heavy (non-hydrogen) atoms. The molecule has 4 heterocycles. The van der Waals surface area contributed by atoms with E-state index in [9.17, 15) is 18.8 Å². The fourth-order valence-electron chi connectivity index (χ4n) is 6.09. The summed E-state index contributed by atoms with van der Waals surface area (Å²) in [7, 11) is 0. The molecule has 0 saturated carbocycles. The van der Waals surface area contributed by atoms with E-state index in [0.717, 1.165) is 16.7 Å². The Hall–Kier alpha value is -4.31. The molecule has 248 valence electrons. The maximum absolute atomic E-state index is 14.6. The first-order valence-electron chi connectivity index (χ1n) is 15.2. The molecule has 12 nitrogen and oxygen atoms in total. The molecule has 1 saturated heterocycles. The standard InChI is InChI=1S/C33H31ClFIN8O4/c1-16-8-21(23-13-37-18(3)38-14-23)9-24-30(17(2)45)42-43(31(16)24)15-28(46)44-26(10-22(32(44)36)11-27-41-40-19(4)48-27)33(47)39-12-20-6-5-7-25(34)29(20)35/h5-9,13-14,22,26,32H,10-12,15H2,1-4H3,(H,39,47)/t22-,26+,32+/m1/s1. The molecule has 3 atom stereocenters. The lowest BCUT2D eigenvalue weighted by Gasteiger charge is -2.28. The van der Waals surface area contributed by atoms with Crippen molar-refractivity contribution in [1.29, 1.82) is 0 Å². The minimum absolute atomic E-state index is 0.0485. The van der Waals surface area contributed by atoms with Crippen LogP contribution in [0.5, 0.6) is 0 Å². The van der Waals surface area contributed by atoms with Crippen LogP contribution in [0.4, 0.5) is 4.39 Å². The Morgan fingerprint density at radius 1 is 1.10 bits per heavy atom. The third kappa shape index (κ3) is 6.67. The Morgan fingerprint density at radius 2 is 1.85 bits per heavy atom. The Morgan fingerprint density at radius 3 is 2.54 bits per heavy atom. The highest BCUT2D eigenvalue weighted by molar-refractivity contribution is 14.1. The van der Waals surface area contributed by atoms with E-state index in [1.807, 2.05) is 19.1 Å². The normalized spacial score (nSPS) is 17.6. The molecule has 2 amide bonds. The number of benzene rings is 2. The molecule has 1 fully saturated rings. The molecule has 15 heteroatoms. The lowest BCUT2D eigenvalue weighted by molar-refractivity contribution is -0.139. The van der Waals surface area contributed by atoms with Crippen LogP contribution < -0.4 is 5.32 Å². The molecule has 3 aromatic heterocycles. The molecule has 0 bridgehead atoms. The second-order valence-corrected chi connectivity index (χ2v) is 13.5. The van der Waals surface area contributed by atoms with Crippen LogP contribution in [-0.4, -0.2) is 62.5 Å². The second-order valence-electron chi connectivity index (χ2n) is 11.8. The maximum Gasteiger partial charge on any atom is 0.245 e. The van der Waals surface area contributed by atoms with Crippen LogP contribution in [0.15, 0.2) is 47.1 Å². The summed E-state index contributed by atoms with van der Waals surface area (Å²) in [5.41, 5.74) is 3.47. The van der Waals surface area contributed by atoms with Crippen LogP contribution in [0.25, 0.3) is 22.0 Å². The van der Waals surface area contributed by atoms with Gasteiger partial charge in [0.1, 0.15) is 29.9 Å². The number of carbonyl (C=O) groups excluding carboxylic acids is 3. The van der Waals surface area contributed by atoms with Crippen molar-refractivity contribution in [2.45, 2.75) is 63.7 Å². The summed E-state index contributed by atoms with van der Waals surface area (Å²) in [5.74, 6) is -0.418. The molecule has 0 aliphatic carbocycles. The van der Waals surface area contributed by atoms with Crippen LogP contribution >= 0.6 is 34.2 Å². The van der Waals surface area contributed by atoms with E-state index in [0.29, 0.717) is 41.4 Å². The fraction of sp³-hybridized carbons (Fsp3) is 0.333. The van der Waals surface area contributed by atoms with E-state index >= 15 is 0 Å². The Labute approximate surface area is 293 Å². The third-order valence-electron chi connectivity index (χ3n) is 8.36. The Bertz CT molecular complexity index is 2050. The van der Waals surface area contributed by atoms with Gasteiger partial charge >= 0.3 is 0 Å². The Balaban J connectivity index is 1.31. The number of amides is 2. The predicted octanol–water partition coefficient (Wildman–Crippen LogP) is 5.33. The predicted molar refractivity (Wildman–Crippen MR) is 183 cm³/mol. The summed E-state index contributed by atoms with van der Waals surface area (Å²) in [6.07, 6.45) is 4.10. The maximum atomic E-state index is 14.6. The van der Waals surface area contributed by atoms with Crippen molar-refractivity contribution in [2.75, 3.05) is 0 Å². The van der Waals surface area contributed by atoms with Crippen LogP contribution in [0.2, 0.25) is 5.02 Å². The lowest BCUT2D eigenvalue weighted by atomic mass is 10.0. The number of carbonyl (C=O) groups is 3. The smallest absolute Gasteiger partial charge is 0.245 e. The van der Waals surface area contributed by atoms with Gasteiger partial charge in [-0.25, -0.2) is 14.4 Å². The molecule has 0 radical (unpaired) electrons. The number of aromatic nitrogens is 6. The van der Waals surface area contributed by atoms with Gasteiger partial charge in [-0.3, -0.25) is 19.1 Å². The van der Waals surface area contributed by atoms with E-state index in [2.05, 4.69) is 53.2 Å². The Kier molecular flexibility index (Phi) is 9.56. The first-order valence-corrected chi connectivity index (χ1v) is 16.8. The molecular formula is C33H31ClFIN8O4. The monoisotopic (exact) mass is 784 g/mol. The van der Waals surface area contributed by atoms with Crippen LogP contribution in [-0.2, 0) is 29.1 Å². The van der Waals surface area contributed by atoms with Crippen LogP contribution in [0.1, 0.15) is 52.6 Å². The largest absolute Gasteiger partial charge is 0.426 e. The molecule has 2 aromatic carbocycles. The van der Waals surface area contributed by atoms with Gasteiger partial charge in [-0.2, -0.15) is 5.10 Å². The molecule has 1 aliphatic heterocycles. The molecule has 5 aromatic rings. The number of alkyl halides is 1. The number of ketones is 1. The lowest BCUT2D eigenvalue weighted by Crippen LogP contribution is -2.48. The van der Waals surface area contributed by atoms with E-state index in [-0.39, 0.29) is 47.0 Å². The zero-order valence-electron chi connectivity index (χ0n) is 26.5. The number of nitrogens with zero attached hydrogens (tertiary/aromatic N) is 7. The van der Waals surface area contributed by atoms with Crippen molar-refractivity contribution in [3.8, 4) is 11.1 Å². The zero-order valence-corrected chi connectivity index (χ0v) is 29.4. The molecule has 0 spiro atoms. The topological polar surface area (TPSA) is 149 Å². The van der Waals surface area contributed by atoms with Gasteiger partial charge < -0.3 is 14.6 Å². The fourth-order valence-corrected chi connectivity index (χ4v) is 7.53. The van der Waals surface area contributed by atoms with Crippen LogP contribution in [0.3, 0.4) is 0 Å². The molecular weight excluding hydrogens is 754 g/mol. The van der Waals surface area contributed by atoms with Crippen molar-refractivity contribution >= 4 is 62.7 Å². The van der Waals surface area contributed by atoms with E-state index in [1.165, 1.54) is 28.6 Å². The summed E-state index contributed by atoms with van der Waals surface area (Å²) in [4.78, 5) is 50.8. The van der Waals surface area contributed by atoms with Gasteiger partial charge in [-0.1, -0.05) is 46.3 Å². The highest BCUT2D eigenvalue weighted by atomic mass is 127. The van der Waals surface area contributed by atoms with Crippen molar-refractivity contribution in [2.24, 2.45) is 5.92 Å². The van der Waals surface area contributed by atoms with Gasteiger partial charge in [0.2, 0.25) is 23.6 Å². The summed E-state index contributed by atoms with van der Waals surface area (Å²) in [6, 6.07) is 7.49. The SMILES string of the molecule is CC(=O)c1nn(CC(=O)N2[C@H](I)[C@@H](Cc3nnc(C)o3)C[C@H]2C(=O)NCc2cccc(Cl)c2F)c2c(C)cc(-c3cnc(C)nc3)cc12. The summed E-state index contributed by atoms with van der Waals surface area (Å²) in [5, 5.41) is 15.9. The number of hydrogen-bond donors (Lipinski definition) is 1. The van der Waals surface area contributed by atoms with Crippen LogP contribution in [0, 0.1) is 32.5 Å². The van der Waals surface area contributed by atoms with Gasteiger partial charge in [0.25, 0.3) is 0 Å². The van der Waals surface area contributed by atoms with Gasteiger partial charge in [0.15, 0.2) is 5.78 Å². The minimum Gasteiger partial charge on any atom is -0.426 e. The number of halogens is 3. The number of hydrogen-bond acceptors (Lipinski definition) is 9. The number of aryl methyl sites for hydroxylation is 3. The van der Waals surface area contributed by atoms with Crippen molar-refractivity contribution < 1.29 is 23.2 Å². The molecule has 6 rings (SSSR count). The summed E-state index contributed by atoms with van der Waals surface area (Å²) in [6.45, 7) is 6.47. The van der Waals surface area contributed by atoms with Crippen molar-refractivity contribution in [1.82, 2.24) is 40.2 Å². The zero-order chi connectivity index (χ0) is 34.3. The highest BCUT2D eigenvalue weighted by Crippen LogP contribution is 2.37. The number of likely N-dealkylation sites (tertiary alicyclic amines) is 1. The number of fused-ring (bicyclic) bond motifs is 1. The van der Waals surface area contributed by atoms with E-state index in [1.54, 1.807) is 32.3 Å². The highest BCUT2D eigenvalue weighted by Gasteiger charge is 2.46. The first kappa shape index (κ1) is 33.6. The van der Waals surface area contributed by atoms with E-state index < -0.39 is 21.8 Å². The summed E-state index contributed by atoms with van der Waals surface area (Å²) < 4.78 is 21.3.